The van der Waals surface area contributed by atoms with Crippen molar-refractivity contribution in [3.8, 4) is 5.75 Å². The summed E-state index contributed by atoms with van der Waals surface area (Å²) in [4.78, 5) is 11.3. The topological polar surface area (TPSA) is 104 Å². The first kappa shape index (κ1) is 12.2. The first-order valence-corrected chi connectivity index (χ1v) is 5.87. The third-order valence-corrected chi connectivity index (χ3v) is 2.77. The Morgan fingerprint density at radius 2 is 2.10 bits per heavy atom. The summed E-state index contributed by atoms with van der Waals surface area (Å²) in [5.41, 5.74) is 6.24. The molecule has 0 spiro atoms. The van der Waals surface area contributed by atoms with Crippen molar-refractivity contribution in [3.63, 3.8) is 0 Å². The molecule has 0 aliphatic rings. The van der Waals surface area contributed by atoms with Crippen LogP contribution < -0.4 is 16.1 Å². The zero-order chi connectivity index (χ0) is 14.1. The molecule has 0 aliphatic carbocycles. The zero-order valence-corrected chi connectivity index (χ0v) is 10.6. The molecule has 0 amide bonds. The van der Waals surface area contributed by atoms with Crippen molar-refractivity contribution < 1.29 is 13.6 Å². The minimum absolute atomic E-state index is 0.0104. The van der Waals surface area contributed by atoms with Gasteiger partial charge in [-0.1, -0.05) is 5.10 Å². The standard InChI is InChI=1S/C13H11N3O4/c1-7-4-12(17)19-10-5-8(2-3-9(7)10)18-6-11-15-16-13(14)20-11/h2-5H,6H2,1H3,(H2,14,16). The summed E-state index contributed by atoms with van der Waals surface area (Å²) >= 11 is 0. The number of hydrogen-bond acceptors (Lipinski definition) is 7. The van der Waals surface area contributed by atoms with Crippen molar-refractivity contribution in [2.75, 3.05) is 5.73 Å². The van der Waals surface area contributed by atoms with E-state index >= 15 is 0 Å². The number of nitrogens with two attached hydrogens (primary N) is 1. The Labute approximate surface area is 113 Å². The van der Waals surface area contributed by atoms with E-state index in [-0.39, 0.29) is 18.5 Å². The molecule has 3 rings (SSSR count). The smallest absolute Gasteiger partial charge is 0.336 e. The van der Waals surface area contributed by atoms with E-state index in [9.17, 15) is 4.79 Å². The molecule has 0 unspecified atom stereocenters. The number of benzene rings is 1. The molecule has 2 heterocycles. The zero-order valence-electron chi connectivity index (χ0n) is 10.6. The van der Waals surface area contributed by atoms with E-state index in [1.54, 1.807) is 12.1 Å². The second-order valence-electron chi connectivity index (χ2n) is 4.23. The van der Waals surface area contributed by atoms with Gasteiger partial charge < -0.3 is 19.3 Å². The average Bonchev–Trinajstić information content (AvgIpc) is 2.81. The van der Waals surface area contributed by atoms with Crippen molar-refractivity contribution in [2.45, 2.75) is 13.5 Å². The van der Waals surface area contributed by atoms with Gasteiger partial charge in [0.05, 0.1) is 0 Å². The van der Waals surface area contributed by atoms with Crippen LogP contribution in [0.3, 0.4) is 0 Å². The third kappa shape index (κ3) is 2.33. The molecule has 0 radical (unpaired) electrons. The van der Waals surface area contributed by atoms with Crippen molar-refractivity contribution in [2.24, 2.45) is 0 Å². The summed E-state index contributed by atoms with van der Waals surface area (Å²) in [5.74, 6) is 0.802. The Kier molecular flexibility index (Phi) is 2.86. The monoisotopic (exact) mass is 273 g/mol. The highest BCUT2D eigenvalue weighted by Crippen LogP contribution is 2.22. The van der Waals surface area contributed by atoms with Crippen LogP contribution in [0.4, 0.5) is 6.01 Å². The first-order chi connectivity index (χ1) is 9.61. The van der Waals surface area contributed by atoms with Crippen LogP contribution in [0.5, 0.6) is 5.75 Å². The van der Waals surface area contributed by atoms with Crippen molar-refractivity contribution in [1.29, 1.82) is 0 Å². The van der Waals surface area contributed by atoms with Crippen LogP contribution in [0.2, 0.25) is 0 Å². The highest BCUT2D eigenvalue weighted by molar-refractivity contribution is 5.81. The van der Waals surface area contributed by atoms with Gasteiger partial charge in [-0.05, 0) is 24.6 Å². The first-order valence-electron chi connectivity index (χ1n) is 5.87. The van der Waals surface area contributed by atoms with Crippen LogP contribution in [0.25, 0.3) is 11.0 Å². The highest BCUT2D eigenvalue weighted by atomic mass is 16.5. The van der Waals surface area contributed by atoms with Crippen LogP contribution in [0.15, 0.2) is 37.9 Å². The fourth-order valence-electron chi connectivity index (χ4n) is 1.87. The number of nitrogen functional groups attached to an aromatic ring is 1. The minimum Gasteiger partial charge on any atom is -0.484 e. The van der Waals surface area contributed by atoms with Gasteiger partial charge in [0.15, 0.2) is 6.61 Å². The maximum absolute atomic E-state index is 11.3. The Morgan fingerprint density at radius 1 is 1.25 bits per heavy atom. The third-order valence-electron chi connectivity index (χ3n) is 2.77. The van der Waals surface area contributed by atoms with Gasteiger partial charge in [-0.25, -0.2) is 4.79 Å². The Balaban J connectivity index is 1.87. The number of fused-ring (bicyclic) bond motifs is 1. The molecule has 102 valence electrons. The van der Waals surface area contributed by atoms with Crippen LogP contribution in [0.1, 0.15) is 11.5 Å². The molecule has 0 aliphatic heterocycles. The largest absolute Gasteiger partial charge is 0.484 e. The highest BCUT2D eigenvalue weighted by Gasteiger charge is 2.06. The number of ether oxygens (including phenoxy) is 1. The molecule has 0 saturated carbocycles. The van der Waals surface area contributed by atoms with Gasteiger partial charge in [0.1, 0.15) is 11.3 Å². The lowest BCUT2D eigenvalue weighted by molar-refractivity contribution is 0.265. The number of aryl methyl sites for hydroxylation is 1. The molecular weight excluding hydrogens is 262 g/mol. The van der Waals surface area contributed by atoms with Gasteiger partial charge in [-0.2, -0.15) is 0 Å². The lowest BCUT2D eigenvalue weighted by Gasteiger charge is -2.05. The Bertz CT molecular complexity index is 822. The number of hydrogen-bond donors (Lipinski definition) is 1. The van der Waals surface area contributed by atoms with E-state index in [1.165, 1.54) is 6.07 Å². The summed E-state index contributed by atoms with van der Waals surface area (Å²) in [6.07, 6.45) is 0. The van der Waals surface area contributed by atoms with Gasteiger partial charge >= 0.3 is 11.6 Å². The van der Waals surface area contributed by atoms with Crippen LogP contribution in [-0.2, 0) is 6.61 Å². The van der Waals surface area contributed by atoms with E-state index in [0.717, 1.165) is 10.9 Å². The SMILES string of the molecule is Cc1cc(=O)oc2cc(OCc3nnc(N)o3)ccc12. The summed E-state index contributed by atoms with van der Waals surface area (Å²) in [7, 11) is 0. The van der Waals surface area contributed by atoms with Crippen LogP contribution in [-0.4, -0.2) is 10.2 Å². The summed E-state index contributed by atoms with van der Waals surface area (Å²) < 4.78 is 15.6. The summed E-state index contributed by atoms with van der Waals surface area (Å²) in [6, 6.07) is 6.68. The lowest BCUT2D eigenvalue weighted by atomic mass is 10.1. The van der Waals surface area contributed by atoms with Gasteiger partial charge in [-0.3, -0.25) is 0 Å². The fraction of sp³-hybridized carbons (Fsp3) is 0.154. The van der Waals surface area contributed by atoms with Gasteiger partial charge in [0.25, 0.3) is 5.89 Å². The summed E-state index contributed by atoms with van der Waals surface area (Å²) in [5, 5.41) is 8.06. The van der Waals surface area contributed by atoms with Crippen molar-refractivity contribution in [1.82, 2.24) is 10.2 Å². The summed E-state index contributed by atoms with van der Waals surface area (Å²) in [6.45, 7) is 1.94. The van der Waals surface area contributed by atoms with Gasteiger partial charge in [0, 0.05) is 17.5 Å². The predicted molar refractivity (Wildman–Crippen MR) is 70.3 cm³/mol. The molecule has 0 fully saturated rings. The molecule has 1 aromatic carbocycles. The van der Waals surface area contributed by atoms with E-state index in [1.807, 2.05) is 13.0 Å². The van der Waals surface area contributed by atoms with Crippen molar-refractivity contribution in [3.05, 3.63) is 46.1 Å². The normalized spacial score (nSPS) is 10.8. The molecule has 20 heavy (non-hydrogen) atoms. The van der Waals surface area contributed by atoms with Crippen molar-refractivity contribution >= 4 is 17.0 Å². The molecule has 2 aromatic heterocycles. The lowest BCUT2D eigenvalue weighted by Crippen LogP contribution is -1.99. The molecule has 0 atom stereocenters. The quantitative estimate of drug-likeness (QED) is 0.723. The Hall–Kier alpha value is -2.83. The molecular formula is C13H11N3O4. The number of nitrogens with zero attached hydrogens (tertiary/aromatic N) is 2. The minimum atomic E-state index is -0.392. The van der Waals surface area contributed by atoms with Crippen LogP contribution >= 0.6 is 0 Å². The molecule has 0 bridgehead atoms. The number of anilines is 1. The molecule has 3 aromatic rings. The second kappa shape index (κ2) is 4.69. The molecule has 0 saturated heterocycles. The van der Waals surface area contributed by atoms with E-state index in [4.69, 9.17) is 19.3 Å². The van der Waals surface area contributed by atoms with E-state index in [0.29, 0.717) is 11.3 Å². The predicted octanol–water partition coefficient (Wildman–Crippen LogP) is 1.65. The maximum atomic E-state index is 11.3. The van der Waals surface area contributed by atoms with Gasteiger partial charge in [0.2, 0.25) is 0 Å². The molecule has 7 heteroatoms. The molecule has 7 nitrogen and oxygen atoms in total. The Morgan fingerprint density at radius 3 is 2.85 bits per heavy atom. The van der Waals surface area contributed by atoms with Gasteiger partial charge in [-0.15, -0.1) is 5.10 Å². The maximum Gasteiger partial charge on any atom is 0.336 e. The average molecular weight is 273 g/mol. The van der Waals surface area contributed by atoms with Crippen LogP contribution in [0, 0.1) is 6.92 Å². The number of rotatable bonds is 3. The van der Waals surface area contributed by atoms with E-state index in [2.05, 4.69) is 10.2 Å². The second-order valence-corrected chi connectivity index (χ2v) is 4.23. The fourth-order valence-corrected chi connectivity index (χ4v) is 1.87. The molecule has 2 N–H and O–H groups in total. The van der Waals surface area contributed by atoms with E-state index < -0.39 is 5.63 Å². The number of aromatic nitrogens is 2.